The molecule has 2 aromatic carbocycles. The van der Waals surface area contributed by atoms with E-state index in [9.17, 15) is 13.2 Å². The van der Waals surface area contributed by atoms with Gasteiger partial charge in [-0.05, 0) is 42.4 Å². The molecule has 1 heterocycles. The molecule has 0 saturated carbocycles. The maximum atomic E-state index is 13.4. The molecule has 0 aliphatic heterocycles. The monoisotopic (exact) mass is 498 g/mol. The summed E-state index contributed by atoms with van der Waals surface area (Å²) in [6, 6.07) is 11.7. The second kappa shape index (κ2) is 12.2. The van der Waals surface area contributed by atoms with Crippen molar-refractivity contribution in [3.8, 4) is 0 Å². The van der Waals surface area contributed by atoms with Crippen LogP contribution in [0.2, 0.25) is 5.02 Å². The van der Waals surface area contributed by atoms with Crippen LogP contribution in [0.25, 0.3) is 0 Å². The molecule has 3 rings (SSSR count). The fourth-order valence-electron chi connectivity index (χ4n) is 2.94. The third kappa shape index (κ3) is 7.29. The average Bonchev–Trinajstić information content (AvgIpc) is 2.78. The molecular formula is C23H27ClF3N4OP. The Labute approximate surface area is 198 Å². The number of nitrogens with one attached hydrogen (secondary N) is 2. The maximum absolute atomic E-state index is 13.4. The minimum absolute atomic E-state index is 0.0483. The highest BCUT2D eigenvalue weighted by molar-refractivity contribution is 7.64. The molecule has 2 N–H and O–H groups in total. The van der Waals surface area contributed by atoms with Crippen LogP contribution < -0.4 is 15.9 Å². The van der Waals surface area contributed by atoms with Crippen LogP contribution in [-0.2, 0) is 17.5 Å². The van der Waals surface area contributed by atoms with Crippen molar-refractivity contribution in [2.24, 2.45) is 0 Å². The van der Waals surface area contributed by atoms with Gasteiger partial charge in [0.05, 0.1) is 18.4 Å². The lowest BCUT2D eigenvalue weighted by Gasteiger charge is -2.16. The number of benzene rings is 2. The summed E-state index contributed by atoms with van der Waals surface area (Å²) >= 11 is 6.25. The fraction of sp³-hybridized carbons (Fsp3) is 0.304. The van der Waals surface area contributed by atoms with Gasteiger partial charge in [-0.1, -0.05) is 57.6 Å². The lowest BCUT2D eigenvalue weighted by Crippen LogP contribution is -2.11. The van der Waals surface area contributed by atoms with Crippen molar-refractivity contribution >= 4 is 48.0 Å². The van der Waals surface area contributed by atoms with Crippen LogP contribution in [0, 0.1) is 0 Å². The number of rotatable bonds is 7. The smallest absolute Gasteiger partial charge is 0.380 e. The predicted octanol–water partition coefficient (Wildman–Crippen LogP) is 7.18. The molecular weight excluding hydrogens is 472 g/mol. The minimum Gasteiger partial charge on any atom is -0.380 e. The van der Waals surface area contributed by atoms with Crippen molar-refractivity contribution < 1.29 is 17.9 Å². The van der Waals surface area contributed by atoms with Crippen LogP contribution >= 0.6 is 19.5 Å². The number of aromatic nitrogens is 2. The number of hydrogen-bond donors (Lipinski definition) is 2. The summed E-state index contributed by atoms with van der Waals surface area (Å²) < 4.78 is 45.1. The highest BCUT2D eigenvalue weighted by atomic mass is 35.5. The first-order chi connectivity index (χ1) is 15.7. The van der Waals surface area contributed by atoms with Gasteiger partial charge in [0.25, 0.3) is 0 Å². The standard InChI is InChI=1S/C21H21ClF3N4OP.C2H6/c1-30-12-13-8-9-14(10-15(13)21(23,24)25)27-20-26-11-16(22)19(29-20)28-17-6-4-5-7-18(17)31(2)3;1-2/h4-11H,12H2,1-3H3,(H2,26,27,28,29);1-2H3. The Kier molecular flexibility index (Phi) is 9.89. The van der Waals surface area contributed by atoms with Crippen molar-refractivity contribution in [3.63, 3.8) is 0 Å². The Hall–Kier alpha value is -2.41. The first-order valence-corrected chi connectivity index (χ1v) is 12.8. The highest BCUT2D eigenvalue weighted by Crippen LogP contribution is 2.35. The van der Waals surface area contributed by atoms with E-state index in [1.165, 1.54) is 25.4 Å². The van der Waals surface area contributed by atoms with Crippen LogP contribution in [0.4, 0.5) is 36.3 Å². The van der Waals surface area contributed by atoms with E-state index in [1.54, 1.807) is 0 Å². The zero-order chi connectivity index (χ0) is 24.6. The van der Waals surface area contributed by atoms with Gasteiger partial charge in [0, 0.05) is 18.5 Å². The first-order valence-electron chi connectivity index (χ1n) is 10.2. The van der Waals surface area contributed by atoms with E-state index >= 15 is 0 Å². The van der Waals surface area contributed by atoms with E-state index in [-0.39, 0.29) is 31.7 Å². The number of alkyl halides is 3. The Bertz CT molecular complexity index is 1060. The topological polar surface area (TPSA) is 59.1 Å². The normalized spacial score (nSPS) is 11.1. The van der Waals surface area contributed by atoms with E-state index in [0.717, 1.165) is 17.1 Å². The number of anilines is 4. The first kappa shape index (κ1) is 26.8. The number of halogens is 4. The Morgan fingerprint density at radius 3 is 2.39 bits per heavy atom. The van der Waals surface area contributed by atoms with Crippen molar-refractivity contribution in [2.45, 2.75) is 26.6 Å². The number of methoxy groups -OCH3 is 1. The van der Waals surface area contributed by atoms with Crippen LogP contribution in [-0.4, -0.2) is 30.4 Å². The van der Waals surface area contributed by atoms with E-state index in [4.69, 9.17) is 16.3 Å². The molecule has 5 nitrogen and oxygen atoms in total. The molecule has 10 heteroatoms. The molecule has 0 amide bonds. The van der Waals surface area contributed by atoms with E-state index < -0.39 is 11.7 Å². The van der Waals surface area contributed by atoms with Gasteiger partial charge in [-0.25, -0.2) is 4.98 Å². The molecule has 0 radical (unpaired) electrons. The van der Waals surface area contributed by atoms with Crippen molar-refractivity contribution in [2.75, 3.05) is 31.1 Å². The average molecular weight is 499 g/mol. The van der Waals surface area contributed by atoms with Gasteiger partial charge in [-0.15, -0.1) is 0 Å². The number of hydrogen-bond acceptors (Lipinski definition) is 5. The SMILES string of the molecule is CC.COCc1ccc(Nc2ncc(Cl)c(Nc3ccccc3P(C)C)n2)cc1C(F)(F)F. The van der Waals surface area contributed by atoms with Gasteiger partial charge in [-0.3, -0.25) is 0 Å². The summed E-state index contributed by atoms with van der Waals surface area (Å²) in [5.74, 6) is 0.475. The Morgan fingerprint density at radius 1 is 1.06 bits per heavy atom. The Morgan fingerprint density at radius 2 is 1.76 bits per heavy atom. The molecule has 1 aromatic heterocycles. The largest absolute Gasteiger partial charge is 0.416 e. The van der Waals surface area contributed by atoms with Gasteiger partial charge in [0.1, 0.15) is 5.02 Å². The third-order valence-electron chi connectivity index (χ3n) is 4.35. The third-order valence-corrected chi connectivity index (χ3v) is 5.98. The van der Waals surface area contributed by atoms with E-state index in [2.05, 4.69) is 33.9 Å². The fourth-order valence-corrected chi connectivity index (χ4v) is 4.08. The van der Waals surface area contributed by atoms with Crippen LogP contribution in [0.1, 0.15) is 25.0 Å². The van der Waals surface area contributed by atoms with Gasteiger partial charge in [0.2, 0.25) is 5.95 Å². The lowest BCUT2D eigenvalue weighted by molar-refractivity contribution is -0.138. The van der Waals surface area contributed by atoms with Crippen LogP contribution in [0.5, 0.6) is 0 Å². The number of nitrogens with zero attached hydrogens (tertiary/aromatic N) is 2. The van der Waals surface area contributed by atoms with Crippen LogP contribution in [0.15, 0.2) is 48.7 Å². The number of ether oxygens (including phenoxy) is 1. The van der Waals surface area contributed by atoms with Crippen molar-refractivity contribution in [1.29, 1.82) is 0 Å². The molecule has 0 spiro atoms. The Balaban J connectivity index is 0.00000187. The summed E-state index contributed by atoms with van der Waals surface area (Å²) in [6.45, 7) is 8.13. The molecule has 0 fully saturated rings. The number of para-hydroxylation sites is 1. The maximum Gasteiger partial charge on any atom is 0.416 e. The van der Waals surface area contributed by atoms with E-state index in [1.807, 2.05) is 38.1 Å². The summed E-state index contributed by atoms with van der Waals surface area (Å²) in [5, 5.41) is 7.46. The molecule has 33 heavy (non-hydrogen) atoms. The molecule has 0 atom stereocenters. The zero-order valence-corrected chi connectivity index (χ0v) is 20.7. The predicted molar refractivity (Wildman–Crippen MR) is 132 cm³/mol. The summed E-state index contributed by atoms with van der Waals surface area (Å²) in [4.78, 5) is 8.44. The molecule has 0 aliphatic rings. The van der Waals surface area contributed by atoms with Gasteiger partial charge in [-0.2, -0.15) is 18.2 Å². The molecule has 0 unspecified atom stereocenters. The molecule has 3 aromatic rings. The van der Waals surface area contributed by atoms with Gasteiger partial charge >= 0.3 is 6.18 Å². The van der Waals surface area contributed by atoms with E-state index in [0.29, 0.717) is 10.8 Å². The molecule has 0 saturated heterocycles. The zero-order valence-electron chi connectivity index (χ0n) is 19.1. The van der Waals surface area contributed by atoms with Crippen molar-refractivity contribution in [3.05, 3.63) is 64.8 Å². The second-order valence-corrected chi connectivity index (χ2v) is 9.53. The minimum atomic E-state index is -4.51. The molecule has 0 aliphatic carbocycles. The van der Waals surface area contributed by atoms with Gasteiger partial charge in [0.15, 0.2) is 5.82 Å². The summed E-state index contributed by atoms with van der Waals surface area (Å²) in [5.41, 5.74) is 0.340. The quantitative estimate of drug-likeness (QED) is 0.338. The molecule has 178 valence electrons. The molecule has 0 bridgehead atoms. The van der Waals surface area contributed by atoms with Crippen LogP contribution in [0.3, 0.4) is 0 Å². The highest BCUT2D eigenvalue weighted by Gasteiger charge is 2.33. The summed E-state index contributed by atoms with van der Waals surface area (Å²) in [7, 11) is 0.976. The second-order valence-electron chi connectivity index (χ2n) is 6.85. The van der Waals surface area contributed by atoms with Crippen molar-refractivity contribution in [1.82, 2.24) is 9.97 Å². The summed E-state index contributed by atoms with van der Waals surface area (Å²) in [6.07, 6.45) is -3.12. The lowest BCUT2D eigenvalue weighted by atomic mass is 10.1. The van der Waals surface area contributed by atoms with Gasteiger partial charge < -0.3 is 15.4 Å².